The molecule has 1 saturated carbocycles. The first-order chi connectivity index (χ1) is 14.2. The lowest BCUT2D eigenvalue weighted by molar-refractivity contribution is -0.137. The van der Waals surface area contributed by atoms with E-state index in [1.54, 1.807) is 0 Å². The second-order valence-electron chi connectivity index (χ2n) is 7.58. The Morgan fingerprint density at radius 1 is 1.37 bits per heavy atom. The minimum absolute atomic E-state index is 0.162. The highest BCUT2D eigenvalue weighted by Crippen LogP contribution is 2.37. The number of hydrogen-bond acceptors (Lipinski definition) is 7. The zero-order valence-electron chi connectivity index (χ0n) is 16.2. The molecule has 4 rings (SSSR count). The molecule has 164 valence electrons. The second kappa shape index (κ2) is 8.36. The third-order valence-electron chi connectivity index (χ3n) is 5.47. The van der Waals surface area contributed by atoms with E-state index in [0.29, 0.717) is 18.8 Å². The van der Waals surface area contributed by atoms with Crippen molar-refractivity contribution in [3.8, 4) is 5.75 Å². The van der Waals surface area contributed by atoms with Crippen LogP contribution in [-0.2, 0) is 10.9 Å². The molecule has 2 aromatic heterocycles. The lowest BCUT2D eigenvalue weighted by Gasteiger charge is -2.26. The molecule has 12 heteroatoms. The Bertz CT molecular complexity index is 918. The standard InChI is InChI=1S/C18H22F3IN6O2/c1-9-14(15(22)28(27-9)11-3-2-4-11)30-7-10-6-29-8-13(10)25-16-12(18(19,20)21)5-24-17(23)26-16/h5,10-11,13H,2-4,6-8H2,1H3,(H3,23,24,25,26)/t10-,13+/m0/s1. The average molecular weight is 538 g/mol. The van der Waals surface area contributed by atoms with Crippen LogP contribution in [0.4, 0.5) is 24.9 Å². The Balaban J connectivity index is 1.46. The van der Waals surface area contributed by atoms with Gasteiger partial charge in [0.1, 0.15) is 20.8 Å². The van der Waals surface area contributed by atoms with Gasteiger partial charge >= 0.3 is 6.18 Å². The molecule has 1 saturated heterocycles. The molecule has 0 bridgehead atoms. The zero-order chi connectivity index (χ0) is 21.5. The van der Waals surface area contributed by atoms with Gasteiger partial charge < -0.3 is 20.5 Å². The van der Waals surface area contributed by atoms with Gasteiger partial charge in [-0.05, 0) is 48.8 Å². The van der Waals surface area contributed by atoms with Crippen molar-refractivity contribution in [1.29, 1.82) is 0 Å². The summed E-state index contributed by atoms with van der Waals surface area (Å²) in [5, 5.41) is 7.43. The highest BCUT2D eigenvalue weighted by Gasteiger charge is 2.38. The van der Waals surface area contributed by atoms with Crippen LogP contribution in [0.2, 0.25) is 0 Å². The summed E-state index contributed by atoms with van der Waals surface area (Å²) in [7, 11) is 0. The number of nitrogen functional groups attached to an aromatic ring is 1. The smallest absolute Gasteiger partial charge is 0.421 e. The molecule has 1 aliphatic heterocycles. The number of rotatable bonds is 6. The maximum atomic E-state index is 13.3. The lowest BCUT2D eigenvalue weighted by atomic mass is 9.93. The number of hydrogen-bond donors (Lipinski definition) is 2. The van der Waals surface area contributed by atoms with E-state index >= 15 is 0 Å². The molecular weight excluding hydrogens is 516 g/mol. The van der Waals surface area contributed by atoms with Crippen LogP contribution in [-0.4, -0.2) is 45.6 Å². The summed E-state index contributed by atoms with van der Waals surface area (Å²) in [5.41, 5.74) is 5.34. The number of ether oxygens (including phenoxy) is 2. The SMILES string of the molecule is Cc1nn(C2CCC2)c(I)c1OC[C@@H]1COC[C@H]1Nc1nc(N)ncc1C(F)(F)F. The fraction of sp³-hybridized carbons (Fsp3) is 0.611. The van der Waals surface area contributed by atoms with E-state index in [-0.39, 0.29) is 30.9 Å². The van der Waals surface area contributed by atoms with Crippen LogP contribution in [0.5, 0.6) is 5.75 Å². The molecule has 8 nitrogen and oxygen atoms in total. The van der Waals surface area contributed by atoms with E-state index in [4.69, 9.17) is 15.2 Å². The molecule has 2 atom stereocenters. The highest BCUT2D eigenvalue weighted by molar-refractivity contribution is 14.1. The first-order valence-corrected chi connectivity index (χ1v) is 10.7. The van der Waals surface area contributed by atoms with Crippen molar-refractivity contribution >= 4 is 34.4 Å². The van der Waals surface area contributed by atoms with E-state index < -0.39 is 17.8 Å². The Morgan fingerprint density at radius 3 is 2.80 bits per heavy atom. The Morgan fingerprint density at radius 2 is 2.13 bits per heavy atom. The topological polar surface area (TPSA) is 100 Å². The molecule has 2 aromatic rings. The van der Waals surface area contributed by atoms with E-state index in [2.05, 4.69) is 43.0 Å². The van der Waals surface area contributed by atoms with Gasteiger partial charge in [0.25, 0.3) is 0 Å². The van der Waals surface area contributed by atoms with Crippen molar-refractivity contribution in [3.05, 3.63) is 21.2 Å². The summed E-state index contributed by atoms with van der Waals surface area (Å²) in [6.45, 7) is 2.79. The number of nitrogens with one attached hydrogen (secondary N) is 1. The van der Waals surface area contributed by atoms with Gasteiger partial charge in [-0.25, -0.2) is 4.98 Å². The van der Waals surface area contributed by atoms with Crippen LogP contribution in [0.3, 0.4) is 0 Å². The predicted molar refractivity (Wildman–Crippen MR) is 111 cm³/mol. The molecule has 2 aliphatic rings. The van der Waals surface area contributed by atoms with Crippen molar-refractivity contribution in [2.24, 2.45) is 5.92 Å². The normalized spacial score (nSPS) is 22.2. The van der Waals surface area contributed by atoms with Crippen LogP contribution in [0.25, 0.3) is 0 Å². The number of anilines is 2. The molecule has 0 radical (unpaired) electrons. The van der Waals surface area contributed by atoms with Gasteiger partial charge in [0.05, 0.1) is 31.9 Å². The quantitative estimate of drug-likeness (QED) is 0.544. The minimum Gasteiger partial charge on any atom is -0.488 e. The van der Waals surface area contributed by atoms with E-state index in [1.807, 2.05) is 11.6 Å². The van der Waals surface area contributed by atoms with Crippen LogP contribution >= 0.6 is 22.6 Å². The summed E-state index contributed by atoms with van der Waals surface area (Å²) in [4.78, 5) is 7.21. The fourth-order valence-corrected chi connectivity index (χ4v) is 4.59. The van der Waals surface area contributed by atoms with Crippen molar-refractivity contribution in [2.45, 2.75) is 44.4 Å². The molecule has 3 N–H and O–H groups in total. The van der Waals surface area contributed by atoms with Crippen molar-refractivity contribution in [1.82, 2.24) is 19.7 Å². The van der Waals surface area contributed by atoms with Crippen LogP contribution in [0.15, 0.2) is 6.20 Å². The van der Waals surface area contributed by atoms with Gasteiger partial charge in [0.2, 0.25) is 5.95 Å². The fourth-order valence-electron chi connectivity index (χ4n) is 3.54. The maximum Gasteiger partial charge on any atom is 0.421 e. The number of aryl methyl sites for hydroxylation is 1. The van der Waals surface area contributed by atoms with Crippen molar-refractivity contribution in [2.75, 3.05) is 30.9 Å². The van der Waals surface area contributed by atoms with Gasteiger partial charge in [0, 0.05) is 12.1 Å². The number of halogens is 4. The number of nitrogens with two attached hydrogens (primary N) is 1. The molecular formula is C18H22F3IN6O2. The van der Waals surface area contributed by atoms with E-state index in [1.165, 1.54) is 6.42 Å². The first-order valence-electron chi connectivity index (χ1n) is 9.65. The predicted octanol–water partition coefficient (Wildman–Crippen LogP) is 3.42. The molecule has 0 aromatic carbocycles. The first kappa shape index (κ1) is 21.4. The van der Waals surface area contributed by atoms with Gasteiger partial charge in [-0.1, -0.05) is 0 Å². The molecule has 30 heavy (non-hydrogen) atoms. The Kier molecular flexibility index (Phi) is 5.97. The Hall–Kier alpha value is -1.83. The van der Waals surface area contributed by atoms with Gasteiger partial charge in [-0.15, -0.1) is 0 Å². The van der Waals surface area contributed by atoms with Gasteiger partial charge in [0.15, 0.2) is 5.75 Å². The summed E-state index contributed by atoms with van der Waals surface area (Å²) in [6.07, 6.45) is -0.474. The number of aromatic nitrogens is 4. The lowest BCUT2D eigenvalue weighted by Crippen LogP contribution is -2.33. The molecule has 0 spiro atoms. The highest BCUT2D eigenvalue weighted by atomic mass is 127. The van der Waals surface area contributed by atoms with Gasteiger partial charge in [-0.2, -0.15) is 23.3 Å². The summed E-state index contributed by atoms with van der Waals surface area (Å²) >= 11 is 2.23. The van der Waals surface area contributed by atoms with Crippen LogP contribution < -0.4 is 15.8 Å². The largest absolute Gasteiger partial charge is 0.488 e. The van der Waals surface area contributed by atoms with Crippen LogP contribution in [0.1, 0.15) is 36.6 Å². The van der Waals surface area contributed by atoms with Crippen molar-refractivity contribution in [3.63, 3.8) is 0 Å². The van der Waals surface area contributed by atoms with Crippen LogP contribution in [0, 0.1) is 16.5 Å². The average Bonchev–Trinajstić information content (AvgIpc) is 3.16. The molecule has 3 heterocycles. The monoisotopic (exact) mass is 538 g/mol. The summed E-state index contributed by atoms with van der Waals surface area (Å²) < 4.78 is 54.4. The van der Waals surface area contributed by atoms with Crippen molar-refractivity contribution < 1.29 is 22.6 Å². The third-order valence-corrected chi connectivity index (χ3v) is 6.45. The molecule has 1 aliphatic carbocycles. The summed E-state index contributed by atoms with van der Waals surface area (Å²) in [6, 6.07) is 0.0150. The maximum absolute atomic E-state index is 13.3. The molecule has 0 unspecified atom stereocenters. The number of nitrogens with zero attached hydrogens (tertiary/aromatic N) is 4. The number of alkyl halides is 3. The minimum atomic E-state index is -4.59. The second-order valence-corrected chi connectivity index (χ2v) is 8.60. The van der Waals surface area contributed by atoms with Gasteiger partial charge in [-0.3, -0.25) is 4.68 Å². The molecule has 0 amide bonds. The Labute approximate surface area is 184 Å². The third kappa shape index (κ3) is 4.29. The van der Waals surface area contributed by atoms with E-state index in [9.17, 15) is 13.2 Å². The zero-order valence-corrected chi connectivity index (χ0v) is 18.4. The van der Waals surface area contributed by atoms with E-state index in [0.717, 1.165) is 28.0 Å². The molecule has 2 fully saturated rings. The summed E-state index contributed by atoms with van der Waals surface area (Å²) in [5.74, 6) is -0.0233.